The molecule has 3 rings (SSSR count). The first kappa shape index (κ1) is 20.0. The maximum atomic E-state index is 9.49. The van der Waals surface area contributed by atoms with Crippen molar-refractivity contribution in [3.05, 3.63) is 63.6 Å². The van der Waals surface area contributed by atoms with Crippen molar-refractivity contribution < 1.29 is 14.2 Å². The van der Waals surface area contributed by atoms with E-state index in [9.17, 15) is 10.5 Å². The van der Waals surface area contributed by atoms with E-state index in [2.05, 4.69) is 9.69 Å². The highest BCUT2D eigenvalue weighted by Gasteiger charge is 2.14. The molecule has 0 saturated heterocycles. The smallest absolute Gasteiger partial charge is 0.273 e. The zero-order valence-corrected chi connectivity index (χ0v) is 16.4. The predicted octanol–water partition coefficient (Wildman–Crippen LogP) is 3.12. The molecule has 0 N–H and O–H groups in total. The van der Waals surface area contributed by atoms with E-state index in [1.165, 1.54) is 27.4 Å². The molecule has 0 unspecified atom stereocenters. The summed E-state index contributed by atoms with van der Waals surface area (Å²) in [5.74, 6) is 1.29. The average Bonchev–Trinajstić information content (AvgIpc) is 2.79. The van der Waals surface area contributed by atoms with Crippen molar-refractivity contribution in [1.29, 1.82) is 10.5 Å². The van der Waals surface area contributed by atoms with Crippen molar-refractivity contribution >= 4 is 32.9 Å². The van der Waals surface area contributed by atoms with Crippen LogP contribution >= 0.6 is 0 Å². The summed E-state index contributed by atoms with van der Waals surface area (Å²) < 4.78 is 16.2. The van der Waals surface area contributed by atoms with Crippen LogP contribution in [0.15, 0.2) is 30.3 Å². The number of rotatable bonds is 3. The van der Waals surface area contributed by atoms with Gasteiger partial charge in [0, 0.05) is 10.4 Å². The minimum Gasteiger partial charge on any atom is -0.497 e. The monoisotopic (exact) mass is 394 g/mol. The molecule has 0 heterocycles. The van der Waals surface area contributed by atoms with E-state index in [0.717, 1.165) is 10.8 Å². The summed E-state index contributed by atoms with van der Waals surface area (Å²) in [4.78, 5) is 6.67. The number of nitriles is 2. The van der Waals surface area contributed by atoms with Gasteiger partial charge in [0.15, 0.2) is 11.5 Å². The first-order valence-electron chi connectivity index (χ1n) is 8.57. The second kappa shape index (κ2) is 8.11. The van der Waals surface area contributed by atoms with Crippen molar-refractivity contribution in [2.75, 3.05) is 21.3 Å². The van der Waals surface area contributed by atoms with Crippen LogP contribution in [0, 0.1) is 35.8 Å². The Balaban J connectivity index is 2.76. The molecule has 0 aliphatic heterocycles. The summed E-state index contributed by atoms with van der Waals surface area (Å²) in [6.07, 6.45) is 0. The highest BCUT2D eigenvalue weighted by atomic mass is 16.5. The molecule has 0 radical (unpaired) electrons. The van der Waals surface area contributed by atoms with Crippen molar-refractivity contribution in [1.82, 2.24) is 0 Å². The van der Waals surface area contributed by atoms with Crippen LogP contribution in [0.2, 0.25) is 0 Å². The summed E-state index contributed by atoms with van der Waals surface area (Å²) in [7, 11) is 4.47. The number of benzene rings is 3. The molecule has 7 heteroatoms. The second-order valence-corrected chi connectivity index (χ2v) is 6.10. The quantitative estimate of drug-likeness (QED) is 0.503. The molecule has 0 aliphatic carbocycles. The number of nitrogens with zero attached hydrogens (tertiary/aromatic N) is 4. The SMILES string of the molecule is [C-]#[N+]C(C#N)=c1cc(OC)c(=C(C#N)[N+]#[C-])c2cc3cc(OC)c(OC)cc3cc12. The molecule has 0 saturated carbocycles. The number of hydrogen-bond acceptors (Lipinski definition) is 5. The lowest BCUT2D eigenvalue weighted by atomic mass is 9.98. The topological polar surface area (TPSA) is 84.0 Å². The van der Waals surface area contributed by atoms with Gasteiger partial charge in [0.05, 0.1) is 46.6 Å². The van der Waals surface area contributed by atoms with Crippen molar-refractivity contribution in [2.45, 2.75) is 0 Å². The van der Waals surface area contributed by atoms with E-state index in [1.54, 1.807) is 24.3 Å². The lowest BCUT2D eigenvalue weighted by molar-refractivity contribution is 0.356. The van der Waals surface area contributed by atoms with Gasteiger partial charge in [-0.2, -0.15) is 0 Å². The Morgan fingerprint density at radius 3 is 1.67 bits per heavy atom. The average molecular weight is 394 g/mol. The second-order valence-electron chi connectivity index (χ2n) is 6.10. The molecule has 0 fully saturated rings. The Labute approximate surface area is 172 Å². The van der Waals surface area contributed by atoms with Gasteiger partial charge < -0.3 is 14.2 Å². The van der Waals surface area contributed by atoms with E-state index in [1.807, 2.05) is 12.1 Å². The molecule has 0 aromatic heterocycles. The molecular formula is C23H14N4O3. The predicted molar refractivity (Wildman–Crippen MR) is 112 cm³/mol. The molecule has 30 heavy (non-hydrogen) atoms. The van der Waals surface area contributed by atoms with Crippen LogP contribution in [0.1, 0.15) is 0 Å². The van der Waals surface area contributed by atoms with Crippen molar-refractivity contribution in [2.24, 2.45) is 0 Å². The van der Waals surface area contributed by atoms with E-state index in [4.69, 9.17) is 27.4 Å². The molecule has 7 nitrogen and oxygen atoms in total. The van der Waals surface area contributed by atoms with Gasteiger partial charge in [-0.3, -0.25) is 0 Å². The zero-order chi connectivity index (χ0) is 21.8. The van der Waals surface area contributed by atoms with Gasteiger partial charge in [-0.1, -0.05) is 0 Å². The fourth-order valence-corrected chi connectivity index (χ4v) is 3.35. The summed E-state index contributed by atoms with van der Waals surface area (Å²) in [5, 5.41) is 22.2. The third-order valence-electron chi connectivity index (χ3n) is 4.71. The molecule has 3 aromatic rings. The molecular weight excluding hydrogens is 380 g/mol. The third kappa shape index (κ3) is 3.08. The lowest BCUT2D eigenvalue weighted by Crippen LogP contribution is -2.18. The highest BCUT2D eigenvalue weighted by Crippen LogP contribution is 2.33. The molecule has 0 atom stereocenters. The first-order valence-corrected chi connectivity index (χ1v) is 8.57. The van der Waals surface area contributed by atoms with Crippen molar-refractivity contribution in [3.63, 3.8) is 0 Å². The standard InChI is InChI=1S/C23H14N4O3/c1-26-18(11-24)16-10-22(30-5)23(19(12-25)27-2)17-7-14-9-21(29-4)20(28-3)8-13(14)6-15(16)17/h6-10H,3-5H3. The van der Waals surface area contributed by atoms with Crippen LogP contribution < -0.4 is 24.6 Å². The summed E-state index contributed by atoms with van der Waals surface area (Å²) in [5.41, 5.74) is -0.268. The minimum atomic E-state index is -0.149. The summed E-state index contributed by atoms with van der Waals surface area (Å²) >= 11 is 0. The first-order chi connectivity index (χ1) is 14.6. The van der Waals surface area contributed by atoms with Crippen LogP contribution in [0.5, 0.6) is 17.2 Å². The van der Waals surface area contributed by atoms with Crippen LogP contribution in [-0.2, 0) is 0 Å². The Kier molecular flexibility index (Phi) is 5.41. The normalized spacial score (nSPS) is 12.1. The maximum Gasteiger partial charge on any atom is 0.273 e. The maximum absolute atomic E-state index is 9.49. The molecule has 3 aromatic carbocycles. The van der Waals surface area contributed by atoms with Gasteiger partial charge in [-0.05, 0) is 51.9 Å². The van der Waals surface area contributed by atoms with Gasteiger partial charge in [-0.15, -0.1) is 0 Å². The third-order valence-corrected chi connectivity index (χ3v) is 4.71. The largest absolute Gasteiger partial charge is 0.497 e. The van der Waals surface area contributed by atoms with E-state index in [-0.39, 0.29) is 17.1 Å². The molecule has 144 valence electrons. The van der Waals surface area contributed by atoms with Gasteiger partial charge in [-0.25, -0.2) is 20.2 Å². The molecule has 0 bridgehead atoms. The number of ether oxygens (including phenoxy) is 3. The van der Waals surface area contributed by atoms with Gasteiger partial charge in [0.1, 0.15) is 5.75 Å². The van der Waals surface area contributed by atoms with E-state index < -0.39 is 0 Å². The highest BCUT2D eigenvalue weighted by molar-refractivity contribution is 6.02. The minimum absolute atomic E-state index is 0.119. The van der Waals surface area contributed by atoms with E-state index in [0.29, 0.717) is 32.7 Å². The Hall–Kier alpha value is -4.72. The van der Waals surface area contributed by atoms with Gasteiger partial charge in [0.25, 0.3) is 11.4 Å². The van der Waals surface area contributed by atoms with Crippen molar-refractivity contribution in [3.8, 4) is 29.4 Å². The number of fused-ring (bicyclic) bond motifs is 2. The summed E-state index contributed by atoms with van der Waals surface area (Å²) in [6.45, 7) is 14.8. The zero-order valence-electron chi connectivity index (χ0n) is 16.4. The fourth-order valence-electron chi connectivity index (χ4n) is 3.35. The van der Waals surface area contributed by atoms with Crippen LogP contribution in [-0.4, -0.2) is 21.3 Å². The number of methoxy groups -OCH3 is 3. The number of hydrogen-bond donors (Lipinski definition) is 0. The van der Waals surface area contributed by atoms with Crippen LogP contribution in [0.25, 0.3) is 42.6 Å². The Morgan fingerprint density at radius 2 is 1.23 bits per heavy atom. The van der Waals surface area contributed by atoms with E-state index >= 15 is 0 Å². The van der Waals surface area contributed by atoms with Crippen LogP contribution in [0.4, 0.5) is 0 Å². The summed E-state index contributed by atoms with van der Waals surface area (Å²) in [6, 6.07) is 12.5. The molecule has 0 amide bonds. The van der Waals surface area contributed by atoms with Gasteiger partial charge in [0.2, 0.25) is 0 Å². The fraction of sp³-hybridized carbons (Fsp3) is 0.130. The Bertz CT molecular complexity index is 1460. The van der Waals surface area contributed by atoms with Crippen LogP contribution in [0.3, 0.4) is 0 Å². The lowest BCUT2D eigenvalue weighted by Gasteiger charge is -2.12. The van der Waals surface area contributed by atoms with Gasteiger partial charge >= 0.3 is 0 Å². The molecule has 0 aliphatic rings. The Morgan fingerprint density at radius 1 is 0.733 bits per heavy atom. The molecule has 0 spiro atoms.